The van der Waals surface area contributed by atoms with Crippen molar-refractivity contribution in [3.63, 3.8) is 0 Å². The number of hydrogen-bond acceptors (Lipinski definition) is 3. The van der Waals surface area contributed by atoms with Gasteiger partial charge in [0.15, 0.2) is 0 Å². The maximum atomic E-state index is 11.3. The van der Waals surface area contributed by atoms with Crippen LogP contribution in [-0.2, 0) is 9.53 Å². The second-order valence-electron chi connectivity index (χ2n) is 4.24. The van der Waals surface area contributed by atoms with Gasteiger partial charge < -0.3 is 15.0 Å². The third kappa shape index (κ3) is 4.18. The molecule has 4 heteroatoms. The fourth-order valence-electron chi connectivity index (χ4n) is 1.89. The zero-order valence-electron chi connectivity index (χ0n) is 9.95. The molecule has 0 aromatic carbocycles. The number of nitrogens with one attached hydrogen (secondary N) is 1. The average molecular weight is 214 g/mol. The predicted octanol–water partition coefficient (Wildman–Crippen LogP) is 0.622. The summed E-state index contributed by atoms with van der Waals surface area (Å²) < 4.78 is 5.34. The highest BCUT2D eigenvalue weighted by molar-refractivity contribution is 5.76. The van der Waals surface area contributed by atoms with Crippen LogP contribution < -0.4 is 5.32 Å². The van der Waals surface area contributed by atoms with Gasteiger partial charge in [0.2, 0.25) is 5.91 Å². The van der Waals surface area contributed by atoms with Gasteiger partial charge in [0.1, 0.15) is 0 Å². The summed E-state index contributed by atoms with van der Waals surface area (Å²) in [5.74, 6) is 0.255. The van der Waals surface area contributed by atoms with E-state index in [4.69, 9.17) is 4.74 Å². The summed E-state index contributed by atoms with van der Waals surface area (Å²) in [5, 5.41) is 3.49. The molecule has 0 aliphatic carbocycles. The van der Waals surface area contributed by atoms with Crippen molar-refractivity contribution in [3.8, 4) is 0 Å². The Kier molecular flexibility index (Phi) is 5.05. The van der Waals surface area contributed by atoms with Crippen molar-refractivity contribution in [3.05, 3.63) is 0 Å². The van der Waals surface area contributed by atoms with Crippen molar-refractivity contribution >= 4 is 5.91 Å². The van der Waals surface area contributed by atoms with Crippen LogP contribution in [0.5, 0.6) is 0 Å². The number of piperidine rings is 1. The molecule has 1 aliphatic heterocycles. The Bertz CT molecular complexity index is 209. The molecule has 4 nitrogen and oxygen atoms in total. The Morgan fingerprint density at radius 3 is 3.00 bits per heavy atom. The highest BCUT2D eigenvalue weighted by atomic mass is 16.5. The first kappa shape index (κ1) is 12.5. The largest absolute Gasteiger partial charge is 0.380 e. The Morgan fingerprint density at radius 2 is 2.40 bits per heavy atom. The first-order valence-electron chi connectivity index (χ1n) is 5.71. The number of likely N-dealkylation sites (N-methyl/N-ethyl adjacent to an activating group) is 1. The predicted molar refractivity (Wildman–Crippen MR) is 59.7 cm³/mol. The molecule has 2 unspecified atom stereocenters. The van der Waals surface area contributed by atoms with Gasteiger partial charge in [-0.25, -0.2) is 0 Å². The van der Waals surface area contributed by atoms with Crippen LogP contribution in [-0.4, -0.2) is 49.7 Å². The number of amides is 1. The highest BCUT2D eigenvalue weighted by Gasteiger charge is 2.23. The molecule has 1 fully saturated rings. The van der Waals surface area contributed by atoms with Crippen molar-refractivity contribution in [1.82, 2.24) is 10.2 Å². The van der Waals surface area contributed by atoms with Crippen LogP contribution in [0.25, 0.3) is 0 Å². The smallest absolute Gasteiger partial charge is 0.222 e. The van der Waals surface area contributed by atoms with Crippen LogP contribution in [0.15, 0.2) is 0 Å². The molecular formula is C11H22N2O2. The Labute approximate surface area is 92.0 Å². The van der Waals surface area contributed by atoms with Gasteiger partial charge >= 0.3 is 0 Å². The van der Waals surface area contributed by atoms with Crippen molar-refractivity contribution in [2.75, 3.05) is 26.8 Å². The molecule has 1 N–H and O–H groups in total. The van der Waals surface area contributed by atoms with Crippen molar-refractivity contribution < 1.29 is 9.53 Å². The first-order chi connectivity index (χ1) is 7.13. The monoisotopic (exact) mass is 214 g/mol. The summed E-state index contributed by atoms with van der Waals surface area (Å²) in [6.45, 7) is 6.43. The standard InChI is InChI=1S/C11H22N2O2/c1-4-15-8-9(2)12-10-5-6-11(14)13(3)7-10/h9-10,12H,4-8H2,1-3H3. The second kappa shape index (κ2) is 6.08. The number of nitrogens with zero attached hydrogens (tertiary/aromatic N) is 1. The normalized spacial score (nSPS) is 24.3. The molecule has 1 rings (SSSR count). The quantitative estimate of drug-likeness (QED) is 0.729. The lowest BCUT2D eigenvalue weighted by atomic mass is 10.0. The van der Waals surface area contributed by atoms with E-state index in [0.29, 0.717) is 18.5 Å². The summed E-state index contributed by atoms with van der Waals surface area (Å²) in [6.07, 6.45) is 1.61. The van der Waals surface area contributed by atoms with E-state index in [0.717, 1.165) is 26.2 Å². The van der Waals surface area contributed by atoms with Crippen molar-refractivity contribution in [2.24, 2.45) is 0 Å². The molecule has 0 aromatic rings. The minimum atomic E-state index is 0.255. The maximum Gasteiger partial charge on any atom is 0.222 e. The third-order valence-corrected chi connectivity index (χ3v) is 2.72. The van der Waals surface area contributed by atoms with Crippen molar-refractivity contribution in [2.45, 2.75) is 38.8 Å². The molecule has 0 radical (unpaired) electrons. The molecule has 1 heterocycles. The van der Waals surface area contributed by atoms with Crippen LogP contribution in [0.1, 0.15) is 26.7 Å². The Balaban J connectivity index is 2.24. The van der Waals surface area contributed by atoms with E-state index in [-0.39, 0.29) is 5.91 Å². The van der Waals surface area contributed by atoms with Gasteiger partial charge in [-0.15, -0.1) is 0 Å². The fraction of sp³-hybridized carbons (Fsp3) is 0.909. The highest BCUT2D eigenvalue weighted by Crippen LogP contribution is 2.10. The minimum Gasteiger partial charge on any atom is -0.380 e. The molecule has 0 bridgehead atoms. The van der Waals surface area contributed by atoms with Gasteiger partial charge in [0, 0.05) is 38.7 Å². The lowest BCUT2D eigenvalue weighted by Crippen LogP contribution is -2.50. The molecule has 1 aliphatic rings. The van der Waals surface area contributed by atoms with Crippen LogP contribution in [0.4, 0.5) is 0 Å². The molecule has 1 saturated heterocycles. The molecule has 0 saturated carbocycles. The van der Waals surface area contributed by atoms with E-state index in [1.54, 1.807) is 4.90 Å². The zero-order chi connectivity index (χ0) is 11.3. The lowest BCUT2D eigenvalue weighted by Gasteiger charge is -2.32. The summed E-state index contributed by atoms with van der Waals surface area (Å²) in [7, 11) is 1.86. The molecule has 15 heavy (non-hydrogen) atoms. The van der Waals surface area contributed by atoms with E-state index in [2.05, 4.69) is 12.2 Å². The summed E-state index contributed by atoms with van der Waals surface area (Å²) in [6, 6.07) is 0.778. The number of carbonyl (C=O) groups excluding carboxylic acids is 1. The van der Waals surface area contributed by atoms with Crippen LogP contribution in [0.3, 0.4) is 0 Å². The first-order valence-corrected chi connectivity index (χ1v) is 5.71. The number of hydrogen-bond donors (Lipinski definition) is 1. The Morgan fingerprint density at radius 1 is 1.67 bits per heavy atom. The maximum absolute atomic E-state index is 11.3. The molecule has 2 atom stereocenters. The van der Waals surface area contributed by atoms with Gasteiger partial charge in [-0.3, -0.25) is 4.79 Å². The molecule has 0 aromatic heterocycles. The van der Waals surface area contributed by atoms with E-state index in [9.17, 15) is 4.79 Å². The second-order valence-corrected chi connectivity index (χ2v) is 4.24. The summed E-state index contributed by atoms with van der Waals surface area (Å²) in [4.78, 5) is 13.1. The summed E-state index contributed by atoms with van der Waals surface area (Å²) in [5.41, 5.74) is 0. The molecule has 0 spiro atoms. The zero-order valence-corrected chi connectivity index (χ0v) is 9.95. The number of likely N-dealkylation sites (tertiary alicyclic amines) is 1. The van der Waals surface area contributed by atoms with E-state index < -0.39 is 0 Å². The lowest BCUT2D eigenvalue weighted by molar-refractivity contribution is -0.132. The molecular weight excluding hydrogens is 192 g/mol. The van der Waals surface area contributed by atoms with Gasteiger partial charge in [0.05, 0.1) is 6.61 Å². The third-order valence-electron chi connectivity index (χ3n) is 2.72. The van der Waals surface area contributed by atoms with Gasteiger partial charge in [-0.1, -0.05) is 0 Å². The van der Waals surface area contributed by atoms with Crippen LogP contribution >= 0.6 is 0 Å². The van der Waals surface area contributed by atoms with E-state index >= 15 is 0 Å². The van der Waals surface area contributed by atoms with Gasteiger partial charge in [0.25, 0.3) is 0 Å². The molecule has 88 valence electrons. The van der Waals surface area contributed by atoms with Gasteiger partial charge in [-0.2, -0.15) is 0 Å². The Hall–Kier alpha value is -0.610. The minimum absolute atomic E-state index is 0.255. The van der Waals surface area contributed by atoms with Crippen LogP contribution in [0.2, 0.25) is 0 Å². The van der Waals surface area contributed by atoms with Crippen molar-refractivity contribution in [1.29, 1.82) is 0 Å². The van der Waals surface area contributed by atoms with Gasteiger partial charge in [-0.05, 0) is 20.3 Å². The molecule has 1 amide bonds. The van der Waals surface area contributed by atoms with Crippen LogP contribution in [0, 0.1) is 0 Å². The number of carbonyl (C=O) groups is 1. The summed E-state index contributed by atoms with van der Waals surface area (Å²) >= 11 is 0. The fourth-order valence-corrected chi connectivity index (χ4v) is 1.89. The van der Waals surface area contributed by atoms with E-state index in [1.165, 1.54) is 0 Å². The average Bonchev–Trinajstić information content (AvgIpc) is 2.20. The topological polar surface area (TPSA) is 41.6 Å². The SMILES string of the molecule is CCOCC(C)NC1CCC(=O)N(C)C1. The van der Waals surface area contributed by atoms with E-state index in [1.807, 2.05) is 14.0 Å². The number of ether oxygens (including phenoxy) is 1. The number of rotatable bonds is 5.